The van der Waals surface area contributed by atoms with Gasteiger partial charge in [-0.3, -0.25) is 9.69 Å². The Morgan fingerprint density at radius 3 is 2.36 bits per heavy atom. The van der Waals surface area contributed by atoms with Crippen molar-refractivity contribution in [2.24, 2.45) is 5.92 Å². The summed E-state index contributed by atoms with van der Waals surface area (Å²) in [4.78, 5) is 29.4. The summed E-state index contributed by atoms with van der Waals surface area (Å²) in [6.45, 7) is 6.11. The third kappa shape index (κ3) is 5.22. The first-order valence-electron chi connectivity index (χ1n) is 11.9. The standard InChI is InChI=1S/C27H31N5O/c33-27(31-18-16-30(17-19-31)20-22-8-3-1-4-9-22)24-12-7-15-32(21-24)25-13-14-28-26(29-25)23-10-5-2-6-11-23/h1-6,8-11,13-14,24H,7,12,15-21H2. The third-order valence-electron chi connectivity index (χ3n) is 6.70. The number of hydrogen-bond donors (Lipinski definition) is 0. The molecule has 6 heteroatoms. The first-order chi connectivity index (χ1) is 16.3. The zero-order valence-corrected chi connectivity index (χ0v) is 19.0. The van der Waals surface area contributed by atoms with Crippen LogP contribution < -0.4 is 4.90 Å². The molecule has 6 nitrogen and oxygen atoms in total. The Labute approximate surface area is 195 Å². The number of rotatable bonds is 5. The number of anilines is 1. The summed E-state index contributed by atoms with van der Waals surface area (Å²) in [5.41, 5.74) is 2.34. The predicted molar refractivity (Wildman–Crippen MR) is 131 cm³/mol. The number of amides is 1. The zero-order chi connectivity index (χ0) is 22.5. The second-order valence-electron chi connectivity index (χ2n) is 8.98. The molecule has 3 heterocycles. The van der Waals surface area contributed by atoms with E-state index < -0.39 is 0 Å². The van der Waals surface area contributed by atoms with Crippen LogP contribution in [0.3, 0.4) is 0 Å². The summed E-state index contributed by atoms with van der Waals surface area (Å²) in [7, 11) is 0. The van der Waals surface area contributed by atoms with Crippen LogP contribution in [-0.2, 0) is 11.3 Å². The molecule has 1 unspecified atom stereocenters. The van der Waals surface area contributed by atoms with Gasteiger partial charge in [0.2, 0.25) is 5.91 Å². The topological polar surface area (TPSA) is 52.6 Å². The molecular formula is C27H31N5O. The summed E-state index contributed by atoms with van der Waals surface area (Å²) in [5, 5.41) is 0. The van der Waals surface area contributed by atoms with Crippen molar-refractivity contribution in [1.29, 1.82) is 0 Å². The Kier molecular flexibility index (Phi) is 6.63. The third-order valence-corrected chi connectivity index (χ3v) is 6.70. The van der Waals surface area contributed by atoms with Gasteiger partial charge in [-0.1, -0.05) is 60.7 Å². The van der Waals surface area contributed by atoms with Crippen LogP contribution in [-0.4, -0.2) is 64.9 Å². The van der Waals surface area contributed by atoms with Gasteiger partial charge in [-0.2, -0.15) is 0 Å². The highest BCUT2D eigenvalue weighted by molar-refractivity contribution is 5.80. The molecule has 1 aromatic heterocycles. The van der Waals surface area contributed by atoms with E-state index >= 15 is 0 Å². The van der Waals surface area contributed by atoms with E-state index in [-0.39, 0.29) is 5.92 Å². The van der Waals surface area contributed by atoms with Gasteiger partial charge in [0.25, 0.3) is 0 Å². The van der Waals surface area contributed by atoms with Crippen LogP contribution in [0.25, 0.3) is 11.4 Å². The number of benzene rings is 2. The van der Waals surface area contributed by atoms with Gasteiger partial charge in [0.15, 0.2) is 5.82 Å². The molecule has 33 heavy (non-hydrogen) atoms. The molecule has 170 valence electrons. The number of piperazine rings is 1. The van der Waals surface area contributed by atoms with Gasteiger partial charge < -0.3 is 9.80 Å². The Balaban J connectivity index is 1.19. The quantitative estimate of drug-likeness (QED) is 0.604. The average molecular weight is 442 g/mol. The minimum Gasteiger partial charge on any atom is -0.356 e. The molecule has 1 atom stereocenters. The van der Waals surface area contributed by atoms with Crippen molar-refractivity contribution in [2.75, 3.05) is 44.2 Å². The molecule has 3 aromatic rings. The van der Waals surface area contributed by atoms with E-state index in [1.165, 1.54) is 5.56 Å². The molecule has 1 amide bonds. The monoisotopic (exact) mass is 441 g/mol. The van der Waals surface area contributed by atoms with Crippen LogP contribution in [0.15, 0.2) is 72.9 Å². The number of hydrogen-bond acceptors (Lipinski definition) is 5. The highest BCUT2D eigenvalue weighted by atomic mass is 16.2. The Morgan fingerprint density at radius 2 is 1.61 bits per heavy atom. The van der Waals surface area contributed by atoms with Gasteiger partial charge in [0, 0.05) is 57.6 Å². The van der Waals surface area contributed by atoms with E-state index in [0.29, 0.717) is 5.91 Å². The maximum Gasteiger partial charge on any atom is 0.227 e. The largest absolute Gasteiger partial charge is 0.356 e. The van der Waals surface area contributed by atoms with Crippen molar-refractivity contribution in [3.63, 3.8) is 0 Å². The fourth-order valence-electron chi connectivity index (χ4n) is 4.86. The summed E-state index contributed by atoms with van der Waals surface area (Å²) >= 11 is 0. The molecule has 2 fully saturated rings. The molecule has 0 aliphatic carbocycles. The van der Waals surface area contributed by atoms with Crippen LogP contribution in [0.1, 0.15) is 18.4 Å². The van der Waals surface area contributed by atoms with Crippen molar-refractivity contribution in [3.05, 3.63) is 78.5 Å². The fourth-order valence-corrected chi connectivity index (χ4v) is 4.86. The van der Waals surface area contributed by atoms with Gasteiger partial charge in [-0.25, -0.2) is 9.97 Å². The van der Waals surface area contributed by atoms with Gasteiger partial charge in [-0.15, -0.1) is 0 Å². The molecule has 2 aromatic carbocycles. The Bertz CT molecular complexity index is 1050. The fraction of sp³-hybridized carbons (Fsp3) is 0.370. The van der Waals surface area contributed by atoms with E-state index in [1.807, 2.05) is 42.6 Å². The lowest BCUT2D eigenvalue weighted by Gasteiger charge is -2.39. The first kappa shape index (κ1) is 21.6. The first-order valence-corrected chi connectivity index (χ1v) is 11.9. The molecule has 2 aliphatic heterocycles. The van der Waals surface area contributed by atoms with Gasteiger partial charge in [0.1, 0.15) is 5.82 Å². The maximum absolute atomic E-state index is 13.3. The van der Waals surface area contributed by atoms with Crippen LogP contribution in [0, 0.1) is 5.92 Å². The molecule has 0 bridgehead atoms. The number of carbonyl (C=O) groups excluding carboxylic acids is 1. The molecule has 2 saturated heterocycles. The van der Waals surface area contributed by atoms with Gasteiger partial charge in [0.05, 0.1) is 5.92 Å². The van der Waals surface area contributed by atoms with Crippen molar-refractivity contribution < 1.29 is 4.79 Å². The van der Waals surface area contributed by atoms with Crippen LogP contribution in [0.2, 0.25) is 0 Å². The minimum atomic E-state index is 0.0366. The Morgan fingerprint density at radius 1 is 0.879 bits per heavy atom. The number of nitrogens with zero attached hydrogens (tertiary/aromatic N) is 5. The van der Waals surface area contributed by atoms with E-state index in [2.05, 4.69) is 50.0 Å². The van der Waals surface area contributed by atoms with Crippen molar-refractivity contribution in [1.82, 2.24) is 19.8 Å². The zero-order valence-electron chi connectivity index (χ0n) is 19.0. The van der Waals surface area contributed by atoms with E-state index in [4.69, 9.17) is 4.98 Å². The maximum atomic E-state index is 13.3. The van der Waals surface area contributed by atoms with E-state index in [9.17, 15) is 4.79 Å². The highest BCUT2D eigenvalue weighted by Gasteiger charge is 2.31. The molecule has 5 rings (SSSR count). The second-order valence-corrected chi connectivity index (χ2v) is 8.98. The van der Waals surface area contributed by atoms with Crippen molar-refractivity contribution in [3.8, 4) is 11.4 Å². The SMILES string of the molecule is O=C(C1CCCN(c2ccnc(-c3ccccc3)n2)C1)N1CCN(Cc2ccccc2)CC1. The number of aromatic nitrogens is 2. The van der Waals surface area contributed by atoms with Crippen LogP contribution in [0.5, 0.6) is 0 Å². The predicted octanol–water partition coefficient (Wildman–Crippen LogP) is 3.70. The van der Waals surface area contributed by atoms with E-state index in [0.717, 1.165) is 75.9 Å². The van der Waals surface area contributed by atoms with Crippen molar-refractivity contribution >= 4 is 11.7 Å². The number of piperidine rings is 1. The smallest absolute Gasteiger partial charge is 0.227 e. The summed E-state index contributed by atoms with van der Waals surface area (Å²) in [5.74, 6) is 1.98. The summed E-state index contributed by atoms with van der Waals surface area (Å²) < 4.78 is 0. The van der Waals surface area contributed by atoms with Crippen LogP contribution in [0.4, 0.5) is 5.82 Å². The average Bonchev–Trinajstić information content (AvgIpc) is 2.90. The lowest BCUT2D eigenvalue weighted by Crippen LogP contribution is -2.52. The van der Waals surface area contributed by atoms with Crippen molar-refractivity contribution in [2.45, 2.75) is 19.4 Å². The van der Waals surface area contributed by atoms with Crippen LogP contribution >= 0.6 is 0 Å². The molecule has 0 saturated carbocycles. The number of carbonyl (C=O) groups is 1. The molecule has 0 N–H and O–H groups in total. The Hall–Kier alpha value is -3.25. The van der Waals surface area contributed by atoms with Gasteiger partial charge in [-0.05, 0) is 24.5 Å². The lowest BCUT2D eigenvalue weighted by atomic mass is 9.96. The second kappa shape index (κ2) is 10.1. The van der Waals surface area contributed by atoms with E-state index in [1.54, 1.807) is 0 Å². The summed E-state index contributed by atoms with van der Waals surface area (Å²) in [6, 6.07) is 22.6. The normalized spacial score (nSPS) is 19.5. The lowest BCUT2D eigenvalue weighted by molar-refractivity contribution is -0.137. The minimum absolute atomic E-state index is 0.0366. The summed E-state index contributed by atoms with van der Waals surface area (Å²) in [6.07, 6.45) is 3.79. The van der Waals surface area contributed by atoms with Gasteiger partial charge >= 0.3 is 0 Å². The molecular weight excluding hydrogens is 410 g/mol. The molecule has 0 radical (unpaired) electrons. The highest BCUT2D eigenvalue weighted by Crippen LogP contribution is 2.25. The molecule has 2 aliphatic rings. The molecule has 0 spiro atoms.